The van der Waals surface area contributed by atoms with Crippen molar-refractivity contribution in [3.8, 4) is 22.8 Å². The zero-order valence-corrected chi connectivity index (χ0v) is 15.2. The van der Waals surface area contributed by atoms with Gasteiger partial charge in [-0.2, -0.15) is 0 Å². The summed E-state index contributed by atoms with van der Waals surface area (Å²) in [4.78, 5) is 28.3. The average molecular weight is 387 g/mol. The second-order valence-electron chi connectivity index (χ2n) is 6.50. The van der Waals surface area contributed by atoms with E-state index >= 15 is 0 Å². The highest BCUT2D eigenvalue weighted by Gasteiger charge is 2.21. The molecule has 4 rings (SSSR count). The molecule has 0 amide bonds. The minimum atomic E-state index is -0.615. The summed E-state index contributed by atoms with van der Waals surface area (Å²) in [6, 6.07) is 16.7. The van der Waals surface area contributed by atoms with E-state index in [9.17, 15) is 19.8 Å². The van der Waals surface area contributed by atoms with Crippen molar-refractivity contribution in [2.45, 2.75) is 6.54 Å². The van der Waals surface area contributed by atoms with Crippen LogP contribution in [0.25, 0.3) is 11.3 Å². The van der Waals surface area contributed by atoms with E-state index in [0.29, 0.717) is 16.9 Å². The third-order valence-electron chi connectivity index (χ3n) is 4.50. The van der Waals surface area contributed by atoms with Crippen LogP contribution in [0.5, 0.6) is 11.5 Å². The van der Waals surface area contributed by atoms with Crippen LogP contribution in [-0.4, -0.2) is 15.2 Å². The summed E-state index contributed by atoms with van der Waals surface area (Å²) in [7, 11) is 0. The Morgan fingerprint density at radius 2 is 1.69 bits per heavy atom. The van der Waals surface area contributed by atoms with Crippen LogP contribution in [-0.2, 0) is 6.54 Å². The van der Waals surface area contributed by atoms with Gasteiger partial charge in [0.1, 0.15) is 22.9 Å². The molecule has 0 fully saturated rings. The van der Waals surface area contributed by atoms with Crippen LogP contribution < -0.4 is 21.5 Å². The Balaban J connectivity index is 1.57. The van der Waals surface area contributed by atoms with Gasteiger partial charge in [-0.25, -0.2) is 0 Å². The monoisotopic (exact) mass is 387 g/mol. The van der Waals surface area contributed by atoms with Gasteiger partial charge in [0.25, 0.3) is 10.9 Å². The zero-order valence-electron chi connectivity index (χ0n) is 15.2. The number of aromatic hydroxyl groups is 2. The lowest BCUT2D eigenvalue weighted by atomic mass is 10.1. The van der Waals surface area contributed by atoms with Crippen LogP contribution in [0.2, 0.25) is 0 Å². The molecule has 3 aromatic carbocycles. The van der Waals surface area contributed by atoms with Gasteiger partial charge in [0, 0.05) is 24.0 Å². The molecule has 1 aromatic heterocycles. The molecular formula is C22H17N3O4. The summed E-state index contributed by atoms with van der Waals surface area (Å²) in [5, 5.41) is 25.6. The molecule has 0 aliphatic heterocycles. The van der Waals surface area contributed by atoms with E-state index in [1.54, 1.807) is 54.7 Å². The fourth-order valence-electron chi connectivity index (χ4n) is 3.02. The molecule has 1 heterocycles. The predicted molar refractivity (Wildman–Crippen MR) is 111 cm³/mol. The topological polar surface area (TPSA) is 112 Å². The van der Waals surface area contributed by atoms with Gasteiger partial charge in [-0.1, -0.05) is 18.2 Å². The molecule has 0 saturated carbocycles. The SMILES string of the molecule is O=c1c(NCc2cccc(O)c2)c(Nc2ccc(O)c(-c3ccccn3)c2)c1=O. The van der Waals surface area contributed by atoms with Gasteiger partial charge in [-0.3, -0.25) is 14.6 Å². The third-order valence-corrected chi connectivity index (χ3v) is 4.50. The Morgan fingerprint density at radius 1 is 0.862 bits per heavy atom. The Morgan fingerprint density at radius 3 is 2.45 bits per heavy atom. The lowest BCUT2D eigenvalue weighted by Crippen LogP contribution is -2.36. The van der Waals surface area contributed by atoms with E-state index in [2.05, 4.69) is 15.6 Å². The van der Waals surface area contributed by atoms with Crippen molar-refractivity contribution in [2.24, 2.45) is 0 Å². The largest absolute Gasteiger partial charge is 0.508 e. The van der Waals surface area contributed by atoms with Crippen molar-refractivity contribution < 1.29 is 10.2 Å². The number of hydrogen-bond acceptors (Lipinski definition) is 7. The van der Waals surface area contributed by atoms with Gasteiger partial charge < -0.3 is 20.8 Å². The van der Waals surface area contributed by atoms with Gasteiger partial charge in [-0.05, 0) is 48.0 Å². The lowest BCUT2D eigenvalue weighted by Gasteiger charge is -2.16. The van der Waals surface area contributed by atoms with Crippen LogP contribution in [0, 0.1) is 0 Å². The van der Waals surface area contributed by atoms with Crippen molar-refractivity contribution in [3.63, 3.8) is 0 Å². The Bertz CT molecular complexity index is 1250. The number of pyridine rings is 1. The second-order valence-corrected chi connectivity index (χ2v) is 6.50. The first-order valence-electron chi connectivity index (χ1n) is 8.89. The number of aromatic nitrogens is 1. The minimum absolute atomic E-state index is 0.0569. The van der Waals surface area contributed by atoms with Crippen molar-refractivity contribution in [2.75, 3.05) is 10.6 Å². The van der Waals surface area contributed by atoms with Gasteiger partial charge in [0.15, 0.2) is 0 Å². The van der Waals surface area contributed by atoms with Crippen LogP contribution >= 0.6 is 0 Å². The number of phenolic OH excluding ortho intramolecular Hbond substituents is 2. The molecule has 29 heavy (non-hydrogen) atoms. The lowest BCUT2D eigenvalue weighted by molar-refractivity contribution is 0.474. The van der Waals surface area contributed by atoms with Crippen LogP contribution in [0.4, 0.5) is 17.1 Å². The molecule has 0 radical (unpaired) electrons. The molecule has 7 heteroatoms. The maximum atomic E-state index is 12.1. The van der Waals surface area contributed by atoms with Gasteiger partial charge in [0.2, 0.25) is 0 Å². The molecule has 7 nitrogen and oxygen atoms in total. The molecule has 0 unspecified atom stereocenters. The molecule has 4 N–H and O–H groups in total. The van der Waals surface area contributed by atoms with E-state index in [1.807, 2.05) is 6.07 Å². The Kier molecular flexibility index (Phi) is 4.70. The summed E-state index contributed by atoms with van der Waals surface area (Å²) in [6.45, 7) is 0.280. The van der Waals surface area contributed by atoms with E-state index < -0.39 is 10.9 Å². The maximum absolute atomic E-state index is 12.1. The van der Waals surface area contributed by atoms with Crippen LogP contribution in [0.15, 0.2) is 76.4 Å². The first kappa shape index (κ1) is 18.2. The minimum Gasteiger partial charge on any atom is -0.508 e. The highest BCUT2D eigenvalue weighted by atomic mass is 16.3. The number of benzene rings is 2. The fraction of sp³-hybridized carbons (Fsp3) is 0.0455. The first-order chi connectivity index (χ1) is 14.0. The number of hydrogen-bond donors (Lipinski definition) is 4. The number of nitrogens with one attached hydrogen (secondary N) is 2. The van der Waals surface area contributed by atoms with E-state index in [1.165, 1.54) is 6.07 Å². The summed E-state index contributed by atoms with van der Waals surface area (Å²) in [5.74, 6) is 0.181. The molecule has 0 saturated heterocycles. The number of nitrogens with zero attached hydrogens (tertiary/aromatic N) is 1. The molecule has 0 aliphatic rings. The third kappa shape index (κ3) is 3.66. The number of anilines is 3. The second kappa shape index (κ2) is 7.47. The molecule has 0 bridgehead atoms. The van der Waals surface area contributed by atoms with Crippen molar-refractivity contribution in [3.05, 3.63) is 92.9 Å². The highest BCUT2D eigenvalue weighted by molar-refractivity contribution is 5.81. The van der Waals surface area contributed by atoms with Crippen molar-refractivity contribution in [1.29, 1.82) is 0 Å². The standard InChI is InChI=1S/C22H17N3O4/c26-15-5-3-4-13(10-15)12-24-19-20(22(29)21(19)28)25-14-7-8-18(27)16(11-14)17-6-1-2-9-23-17/h1-11,24-27H,12H2. The normalized spacial score (nSPS) is 10.8. The quantitative estimate of drug-likeness (QED) is 0.297. The summed E-state index contributed by atoms with van der Waals surface area (Å²) in [6.07, 6.45) is 1.62. The predicted octanol–water partition coefficient (Wildman–Crippen LogP) is 3.11. The van der Waals surface area contributed by atoms with Crippen LogP contribution in [0.3, 0.4) is 0 Å². The molecule has 4 aromatic rings. The Hall–Kier alpha value is -4.13. The molecule has 0 spiro atoms. The summed E-state index contributed by atoms with van der Waals surface area (Å²) < 4.78 is 0. The molecule has 144 valence electrons. The Labute approximate surface area is 165 Å². The van der Waals surface area contributed by atoms with Crippen LogP contribution in [0.1, 0.15) is 5.56 Å². The first-order valence-corrected chi connectivity index (χ1v) is 8.89. The summed E-state index contributed by atoms with van der Waals surface area (Å²) >= 11 is 0. The van der Waals surface area contributed by atoms with Gasteiger partial charge in [0.05, 0.1) is 5.69 Å². The molecule has 0 atom stereocenters. The van der Waals surface area contributed by atoms with Crippen molar-refractivity contribution in [1.82, 2.24) is 4.98 Å². The zero-order chi connectivity index (χ0) is 20.4. The molecule has 0 aliphatic carbocycles. The van der Waals surface area contributed by atoms with Crippen molar-refractivity contribution >= 4 is 17.1 Å². The fourth-order valence-corrected chi connectivity index (χ4v) is 3.02. The number of phenols is 2. The number of rotatable bonds is 6. The average Bonchev–Trinajstić information content (AvgIpc) is 2.74. The highest BCUT2D eigenvalue weighted by Crippen LogP contribution is 2.32. The van der Waals surface area contributed by atoms with Gasteiger partial charge >= 0.3 is 0 Å². The van der Waals surface area contributed by atoms with E-state index in [-0.39, 0.29) is 29.4 Å². The van der Waals surface area contributed by atoms with Gasteiger partial charge in [-0.15, -0.1) is 0 Å². The van der Waals surface area contributed by atoms with E-state index in [0.717, 1.165) is 5.56 Å². The summed E-state index contributed by atoms with van der Waals surface area (Å²) in [5.41, 5.74) is 1.53. The maximum Gasteiger partial charge on any atom is 0.253 e. The molecular weight excluding hydrogens is 370 g/mol. The van der Waals surface area contributed by atoms with E-state index in [4.69, 9.17) is 0 Å². The smallest absolute Gasteiger partial charge is 0.253 e.